The van der Waals surface area contributed by atoms with E-state index in [0.29, 0.717) is 27.9 Å². The van der Waals surface area contributed by atoms with Crippen LogP contribution in [0.15, 0.2) is 52.9 Å². The molecule has 25 heavy (non-hydrogen) atoms. The third kappa shape index (κ3) is 2.63. The first kappa shape index (κ1) is 16.6. The Labute approximate surface area is 155 Å². The normalized spacial score (nSPS) is 10.2. The van der Waals surface area contributed by atoms with Crippen LogP contribution in [0.1, 0.15) is 0 Å². The number of aromatic amines is 1. The van der Waals surface area contributed by atoms with E-state index in [1.807, 2.05) is 24.3 Å². The largest absolute Gasteiger partial charge is 1.00 e. The van der Waals surface area contributed by atoms with Crippen molar-refractivity contribution in [3.05, 3.63) is 71.4 Å². The molecule has 6 heteroatoms. The van der Waals surface area contributed by atoms with Gasteiger partial charge in [0.15, 0.2) is 11.3 Å². The molecular weight excluding hydrogens is 309 g/mol. The summed E-state index contributed by atoms with van der Waals surface area (Å²) < 4.78 is 5.72. The van der Waals surface area contributed by atoms with Crippen molar-refractivity contribution >= 4 is 33.2 Å². The summed E-state index contributed by atoms with van der Waals surface area (Å²) in [7, 11) is 0. The van der Waals surface area contributed by atoms with Crippen LogP contribution in [-0.2, 0) is 0 Å². The number of rotatable bonds is 1. The van der Waals surface area contributed by atoms with Crippen LogP contribution in [0.2, 0.25) is 0 Å². The summed E-state index contributed by atoms with van der Waals surface area (Å²) in [5.74, 6) is 0.193. The van der Waals surface area contributed by atoms with Crippen molar-refractivity contribution in [2.24, 2.45) is 0 Å². The molecule has 0 aliphatic rings. The van der Waals surface area contributed by atoms with Crippen LogP contribution in [0.3, 0.4) is 0 Å². The van der Waals surface area contributed by atoms with Gasteiger partial charge in [-0.25, -0.2) is 9.69 Å². The quantitative estimate of drug-likeness (QED) is 0.392. The number of nitrogens with one attached hydrogen (secondary N) is 1. The fraction of sp³-hybridized carbons (Fsp3) is 0. The average molecular weight is 318 g/mol. The van der Waals surface area contributed by atoms with Gasteiger partial charge in [0.2, 0.25) is 11.2 Å². The number of hydrogen-bond acceptors (Lipinski definition) is 2. The SMILES string of the molecule is [C-]#[N+]c1cc2[nH+]c(-c3ccc4ccccc4c3[O-])oc2cc1[N+]#[C-].[Li+]. The van der Waals surface area contributed by atoms with Crippen LogP contribution in [0.4, 0.5) is 11.4 Å². The number of hydrogen-bond donors (Lipinski definition) is 0. The van der Waals surface area contributed by atoms with Gasteiger partial charge in [0.25, 0.3) is 0 Å². The summed E-state index contributed by atoms with van der Waals surface area (Å²) in [4.78, 5) is 9.71. The Morgan fingerprint density at radius 1 is 0.960 bits per heavy atom. The summed E-state index contributed by atoms with van der Waals surface area (Å²) >= 11 is 0. The molecule has 0 spiro atoms. The minimum Gasteiger partial charge on any atom is -0.871 e. The standard InChI is InChI=1S/C19H9N3O2.Li/c1-20-14-9-16-17(10-15(14)21-2)24-19(22-16)13-8-7-11-5-3-4-6-12(11)18(13)23;/h3-10,23H;/q;+1. The molecule has 5 nitrogen and oxygen atoms in total. The Bertz CT molecular complexity index is 1150. The second-order valence-electron chi connectivity index (χ2n) is 5.28. The van der Waals surface area contributed by atoms with Crippen LogP contribution < -0.4 is 29.0 Å². The van der Waals surface area contributed by atoms with Gasteiger partial charge in [-0.1, -0.05) is 36.1 Å². The summed E-state index contributed by atoms with van der Waals surface area (Å²) in [6.45, 7) is 14.3. The van der Waals surface area contributed by atoms with Gasteiger partial charge >= 0.3 is 24.8 Å². The van der Waals surface area contributed by atoms with Crippen LogP contribution in [0.25, 0.3) is 43.0 Å². The van der Waals surface area contributed by atoms with Crippen molar-refractivity contribution in [1.82, 2.24) is 0 Å². The Balaban J connectivity index is 0.00000182. The molecule has 0 bridgehead atoms. The molecule has 0 saturated heterocycles. The van der Waals surface area contributed by atoms with Crippen LogP contribution >= 0.6 is 0 Å². The molecule has 0 amide bonds. The minimum absolute atomic E-state index is 0. The molecule has 112 valence electrons. The number of aromatic nitrogens is 1. The molecule has 0 atom stereocenters. The summed E-state index contributed by atoms with van der Waals surface area (Å²) in [6, 6.07) is 14.0. The van der Waals surface area contributed by atoms with Crippen molar-refractivity contribution in [3.8, 4) is 17.2 Å². The van der Waals surface area contributed by atoms with E-state index in [4.69, 9.17) is 17.6 Å². The second kappa shape index (κ2) is 6.34. The monoisotopic (exact) mass is 318 g/mol. The van der Waals surface area contributed by atoms with E-state index in [-0.39, 0.29) is 36.0 Å². The number of oxazole rings is 1. The molecule has 0 aliphatic heterocycles. The van der Waals surface area contributed by atoms with E-state index in [0.717, 1.165) is 5.39 Å². The molecule has 0 radical (unpaired) electrons. The van der Waals surface area contributed by atoms with Gasteiger partial charge in [0.05, 0.1) is 18.7 Å². The molecule has 0 saturated carbocycles. The average Bonchev–Trinajstić information content (AvgIpc) is 3.03. The van der Waals surface area contributed by atoms with Crippen molar-refractivity contribution in [2.45, 2.75) is 0 Å². The number of H-pyrrole nitrogens is 1. The van der Waals surface area contributed by atoms with Gasteiger partial charge in [-0.2, -0.15) is 4.98 Å². The van der Waals surface area contributed by atoms with Crippen LogP contribution in [-0.4, -0.2) is 0 Å². The predicted octanol–water partition coefficient (Wildman–Crippen LogP) is 1.25. The van der Waals surface area contributed by atoms with Crippen LogP contribution in [0.5, 0.6) is 5.75 Å². The van der Waals surface area contributed by atoms with E-state index in [9.17, 15) is 5.11 Å². The molecule has 1 aromatic heterocycles. The number of nitrogens with zero attached hydrogens (tertiary/aromatic N) is 2. The van der Waals surface area contributed by atoms with Gasteiger partial charge in [0.1, 0.15) is 0 Å². The van der Waals surface area contributed by atoms with Gasteiger partial charge < -0.3 is 9.52 Å². The van der Waals surface area contributed by atoms with E-state index in [1.54, 1.807) is 18.2 Å². The molecule has 1 N–H and O–H groups in total. The first-order valence-electron chi connectivity index (χ1n) is 7.15. The minimum atomic E-state index is -0.126. The fourth-order valence-corrected chi connectivity index (χ4v) is 2.72. The zero-order valence-electron chi connectivity index (χ0n) is 13.3. The zero-order chi connectivity index (χ0) is 16.7. The van der Waals surface area contributed by atoms with Gasteiger partial charge in [-0.15, -0.1) is 0 Å². The third-order valence-corrected chi connectivity index (χ3v) is 3.90. The third-order valence-electron chi connectivity index (χ3n) is 3.90. The Hall–Kier alpha value is -3.23. The molecular formula is C19H9LiN3O2+. The molecule has 0 aliphatic carbocycles. The van der Waals surface area contributed by atoms with Crippen molar-refractivity contribution < 1.29 is 33.4 Å². The van der Waals surface area contributed by atoms with E-state index >= 15 is 0 Å². The van der Waals surface area contributed by atoms with E-state index < -0.39 is 0 Å². The Morgan fingerprint density at radius 3 is 2.44 bits per heavy atom. The number of benzene rings is 3. The van der Waals surface area contributed by atoms with Gasteiger partial charge in [0, 0.05) is 6.07 Å². The summed E-state index contributed by atoms with van der Waals surface area (Å²) in [5, 5.41) is 14.2. The van der Waals surface area contributed by atoms with Gasteiger partial charge in [-0.05, 0) is 22.9 Å². The zero-order valence-corrected chi connectivity index (χ0v) is 13.3. The molecule has 0 fully saturated rings. The predicted molar refractivity (Wildman–Crippen MR) is 87.7 cm³/mol. The topological polar surface area (TPSA) is 59.1 Å². The summed E-state index contributed by atoms with van der Waals surface area (Å²) in [5.41, 5.74) is 1.92. The molecule has 3 aromatic carbocycles. The maximum absolute atomic E-state index is 12.7. The first-order valence-corrected chi connectivity index (χ1v) is 7.15. The fourth-order valence-electron chi connectivity index (χ4n) is 2.72. The molecule has 4 aromatic rings. The van der Waals surface area contributed by atoms with Crippen molar-refractivity contribution in [2.75, 3.05) is 0 Å². The molecule has 4 rings (SSSR count). The number of fused-ring (bicyclic) bond motifs is 2. The van der Waals surface area contributed by atoms with Crippen molar-refractivity contribution in [3.63, 3.8) is 0 Å². The van der Waals surface area contributed by atoms with E-state index in [2.05, 4.69) is 14.7 Å². The molecule has 0 unspecified atom stereocenters. The van der Waals surface area contributed by atoms with Crippen LogP contribution in [0, 0.1) is 13.1 Å². The van der Waals surface area contributed by atoms with E-state index in [1.165, 1.54) is 6.07 Å². The maximum atomic E-state index is 12.7. The Morgan fingerprint density at radius 2 is 1.68 bits per heavy atom. The maximum Gasteiger partial charge on any atom is 1.00 e. The van der Waals surface area contributed by atoms with Gasteiger partial charge in [-0.3, -0.25) is 0 Å². The summed E-state index contributed by atoms with van der Waals surface area (Å²) in [6.07, 6.45) is 0. The molecule has 1 heterocycles. The Kier molecular flexibility index (Phi) is 4.22. The first-order chi connectivity index (χ1) is 11.7. The second-order valence-corrected chi connectivity index (χ2v) is 5.28. The smallest absolute Gasteiger partial charge is 0.871 e. The van der Waals surface area contributed by atoms with Crippen molar-refractivity contribution in [1.29, 1.82) is 0 Å².